The number of nitrogens with zero attached hydrogens (tertiary/aromatic N) is 4. The van der Waals surface area contributed by atoms with Crippen LogP contribution in [0.4, 0.5) is 5.95 Å². The molecule has 1 aromatic carbocycles. The molecule has 1 saturated carbocycles. The zero-order valence-electron chi connectivity index (χ0n) is 20.5. The molecule has 9 heteroatoms. The van der Waals surface area contributed by atoms with Crippen molar-refractivity contribution < 1.29 is 19.0 Å². The van der Waals surface area contributed by atoms with Crippen LogP contribution in [0.3, 0.4) is 0 Å². The summed E-state index contributed by atoms with van der Waals surface area (Å²) in [7, 11) is 0. The van der Waals surface area contributed by atoms with Crippen molar-refractivity contribution in [2.45, 2.75) is 78.4 Å². The number of tetrazole rings is 1. The van der Waals surface area contributed by atoms with E-state index in [9.17, 15) is 4.79 Å². The van der Waals surface area contributed by atoms with Crippen LogP contribution in [0.5, 0.6) is 11.5 Å². The molecular weight excluding hydrogens is 434 g/mol. The van der Waals surface area contributed by atoms with E-state index >= 15 is 0 Å². The number of rotatable bonds is 9. The van der Waals surface area contributed by atoms with Gasteiger partial charge < -0.3 is 19.5 Å². The van der Waals surface area contributed by atoms with Crippen LogP contribution in [0.1, 0.15) is 77.8 Å². The highest BCUT2D eigenvalue weighted by molar-refractivity contribution is 5.92. The summed E-state index contributed by atoms with van der Waals surface area (Å²) in [5.41, 5.74) is 2.01. The lowest BCUT2D eigenvalue weighted by Crippen LogP contribution is -2.32. The number of aromatic nitrogens is 4. The van der Waals surface area contributed by atoms with Gasteiger partial charge in [0.15, 0.2) is 11.5 Å². The van der Waals surface area contributed by atoms with Gasteiger partial charge in [-0.05, 0) is 80.0 Å². The number of esters is 1. The molecule has 1 atom stereocenters. The van der Waals surface area contributed by atoms with Crippen molar-refractivity contribution in [3.8, 4) is 11.5 Å². The van der Waals surface area contributed by atoms with Gasteiger partial charge in [-0.25, -0.2) is 4.79 Å². The smallest absolute Gasteiger partial charge is 0.338 e. The average molecular weight is 470 g/mol. The SMILES string of the molecule is CCOc1cc(C2C(C(=O)OC3CCCCC3)=C(C)Nc3nnnn32)ccc1OCCC(C)C. The lowest BCUT2D eigenvalue weighted by molar-refractivity contribution is -0.146. The summed E-state index contributed by atoms with van der Waals surface area (Å²) < 4.78 is 19.5. The van der Waals surface area contributed by atoms with Gasteiger partial charge in [0.2, 0.25) is 5.95 Å². The van der Waals surface area contributed by atoms with Crippen molar-refractivity contribution >= 4 is 11.9 Å². The lowest BCUT2D eigenvalue weighted by atomic mass is 9.94. The Hall–Kier alpha value is -3.10. The van der Waals surface area contributed by atoms with Gasteiger partial charge in [-0.1, -0.05) is 31.4 Å². The Balaban J connectivity index is 1.66. The van der Waals surface area contributed by atoms with Gasteiger partial charge in [0.1, 0.15) is 12.1 Å². The van der Waals surface area contributed by atoms with Crippen molar-refractivity contribution in [2.24, 2.45) is 5.92 Å². The van der Waals surface area contributed by atoms with Gasteiger partial charge in [0.25, 0.3) is 0 Å². The van der Waals surface area contributed by atoms with Gasteiger partial charge in [-0.2, -0.15) is 4.68 Å². The summed E-state index contributed by atoms with van der Waals surface area (Å²) in [5.74, 6) is 2.01. The van der Waals surface area contributed by atoms with Crippen LogP contribution in [0.25, 0.3) is 0 Å². The van der Waals surface area contributed by atoms with E-state index in [1.54, 1.807) is 4.68 Å². The van der Waals surface area contributed by atoms with E-state index in [-0.39, 0.29) is 12.1 Å². The number of carbonyl (C=O) groups excluding carboxylic acids is 1. The Labute approximate surface area is 200 Å². The van der Waals surface area contributed by atoms with Crippen LogP contribution in [-0.4, -0.2) is 45.5 Å². The minimum Gasteiger partial charge on any atom is -0.490 e. The largest absolute Gasteiger partial charge is 0.490 e. The Bertz CT molecular complexity index is 1030. The van der Waals surface area contributed by atoms with E-state index in [1.165, 1.54) is 6.42 Å². The molecule has 2 heterocycles. The van der Waals surface area contributed by atoms with E-state index in [4.69, 9.17) is 14.2 Å². The molecule has 0 saturated heterocycles. The second-order valence-corrected chi connectivity index (χ2v) is 9.35. The zero-order chi connectivity index (χ0) is 24.1. The first-order valence-corrected chi connectivity index (χ1v) is 12.3. The summed E-state index contributed by atoms with van der Waals surface area (Å²) in [6.45, 7) is 9.23. The number of nitrogens with one attached hydrogen (secondary N) is 1. The molecule has 1 aliphatic carbocycles. The molecule has 0 spiro atoms. The predicted molar refractivity (Wildman–Crippen MR) is 128 cm³/mol. The quantitative estimate of drug-likeness (QED) is 0.529. The molecule has 1 aliphatic heterocycles. The van der Waals surface area contributed by atoms with E-state index in [2.05, 4.69) is 34.7 Å². The molecule has 1 aromatic heterocycles. The van der Waals surface area contributed by atoms with Gasteiger partial charge in [0, 0.05) is 5.70 Å². The highest BCUT2D eigenvalue weighted by Crippen LogP contribution is 2.39. The van der Waals surface area contributed by atoms with Crippen LogP contribution in [0, 0.1) is 5.92 Å². The molecule has 9 nitrogen and oxygen atoms in total. The molecule has 0 bridgehead atoms. The van der Waals surface area contributed by atoms with Crippen LogP contribution in [0.15, 0.2) is 29.5 Å². The minimum atomic E-state index is -0.536. The molecule has 34 heavy (non-hydrogen) atoms. The molecule has 1 fully saturated rings. The number of carbonyl (C=O) groups is 1. The minimum absolute atomic E-state index is 0.0480. The zero-order valence-corrected chi connectivity index (χ0v) is 20.5. The number of allylic oxidation sites excluding steroid dienone is 1. The third-order valence-corrected chi connectivity index (χ3v) is 6.30. The van der Waals surface area contributed by atoms with Gasteiger partial charge in [-0.3, -0.25) is 0 Å². The molecular formula is C25H35N5O4. The fourth-order valence-corrected chi connectivity index (χ4v) is 4.47. The maximum absolute atomic E-state index is 13.4. The van der Waals surface area contributed by atoms with Crippen molar-refractivity contribution in [3.63, 3.8) is 0 Å². The number of ether oxygens (including phenoxy) is 3. The molecule has 0 amide bonds. The predicted octanol–water partition coefficient (Wildman–Crippen LogP) is 4.66. The average Bonchev–Trinajstić information content (AvgIpc) is 3.27. The lowest BCUT2D eigenvalue weighted by Gasteiger charge is -2.30. The van der Waals surface area contributed by atoms with Crippen molar-refractivity contribution in [2.75, 3.05) is 18.5 Å². The van der Waals surface area contributed by atoms with Gasteiger partial charge in [0.05, 0.1) is 18.8 Å². The Morgan fingerprint density at radius 3 is 2.71 bits per heavy atom. The first-order valence-electron chi connectivity index (χ1n) is 12.3. The number of hydrogen-bond acceptors (Lipinski definition) is 8. The summed E-state index contributed by atoms with van der Waals surface area (Å²) in [5, 5.41) is 15.2. The molecule has 4 rings (SSSR count). The fraction of sp³-hybridized carbons (Fsp3) is 0.600. The number of fused-ring (bicyclic) bond motifs is 1. The van der Waals surface area contributed by atoms with Gasteiger partial charge in [-0.15, -0.1) is 0 Å². The van der Waals surface area contributed by atoms with Crippen molar-refractivity contribution in [1.82, 2.24) is 20.2 Å². The number of benzene rings is 1. The summed E-state index contributed by atoms with van der Waals surface area (Å²) in [6, 6.07) is 5.21. The third kappa shape index (κ3) is 5.34. The second kappa shape index (κ2) is 10.9. The van der Waals surface area contributed by atoms with E-state index in [0.29, 0.717) is 47.8 Å². The maximum atomic E-state index is 13.4. The standard InChI is InChI=1S/C25H35N5O4/c1-5-32-21-15-18(11-12-20(21)33-14-13-16(2)3)23-22(17(4)26-25-27-28-29-30(23)25)24(31)34-19-9-7-6-8-10-19/h11-12,15-16,19,23H,5-10,13-14H2,1-4H3,(H,26,27,29). The Morgan fingerprint density at radius 2 is 1.97 bits per heavy atom. The normalized spacial score (nSPS) is 18.4. The first kappa shape index (κ1) is 24.0. The van der Waals surface area contributed by atoms with Crippen LogP contribution >= 0.6 is 0 Å². The van der Waals surface area contributed by atoms with E-state index in [1.807, 2.05) is 32.0 Å². The molecule has 1 N–H and O–H groups in total. The van der Waals surface area contributed by atoms with Crippen molar-refractivity contribution in [3.05, 3.63) is 35.0 Å². The monoisotopic (exact) mass is 469 g/mol. The van der Waals surface area contributed by atoms with E-state index < -0.39 is 6.04 Å². The molecule has 184 valence electrons. The molecule has 2 aromatic rings. The van der Waals surface area contributed by atoms with Crippen molar-refractivity contribution in [1.29, 1.82) is 0 Å². The highest BCUT2D eigenvalue weighted by atomic mass is 16.5. The molecule has 0 radical (unpaired) electrons. The topological polar surface area (TPSA) is 100 Å². The summed E-state index contributed by atoms with van der Waals surface area (Å²) >= 11 is 0. The maximum Gasteiger partial charge on any atom is 0.338 e. The highest BCUT2D eigenvalue weighted by Gasteiger charge is 2.36. The molecule has 2 aliphatic rings. The Morgan fingerprint density at radius 1 is 1.18 bits per heavy atom. The van der Waals surface area contributed by atoms with E-state index in [0.717, 1.165) is 37.7 Å². The second-order valence-electron chi connectivity index (χ2n) is 9.35. The summed E-state index contributed by atoms with van der Waals surface area (Å²) in [6.07, 6.45) is 6.09. The fourth-order valence-electron chi connectivity index (χ4n) is 4.47. The summed E-state index contributed by atoms with van der Waals surface area (Å²) in [4.78, 5) is 13.4. The first-order chi connectivity index (χ1) is 16.5. The third-order valence-electron chi connectivity index (χ3n) is 6.30. The van der Waals surface area contributed by atoms with Crippen LogP contribution in [-0.2, 0) is 9.53 Å². The number of hydrogen-bond donors (Lipinski definition) is 1. The number of anilines is 1. The van der Waals surface area contributed by atoms with Crippen LogP contribution in [0.2, 0.25) is 0 Å². The van der Waals surface area contributed by atoms with Crippen LogP contribution < -0.4 is 14.8 Å². The Kier molecular flexibility index (Phi) is 7.70. The van der Waals surface area contributed by atoms with Gasteiger partial charge >= 0.3 is 5.97 Å². The molecule has 1 unspecified atom stereocenters.